The minimum Gasteiger partial charge on any atom is -0.497 e. The van der Waals surface area contributed by atoms with E-state index in [2.05, 4.69) is 10.5 Å². The molecule has 1 aromatic carbocycles. The molecule has 0 fully saturated rings. The van der Waals surface area contributed by atoms with Crippen LogP contribution in [0.4, 0.5) is 5.69 Å². The molecule has 0 saturated carbocycles. The maximum Gasteiger partial charge on any atom is 0.354 e. The van der Waals surface area contributed by atoms with Gasteiger partial charge < -0.3 is 9.47 Å². The van der Waals surface area contributed by atoms with Crippen LogP contribution < -0.4 is 10.2 Å². The third kappa shape index (κ3) is 4.08. The number of nitrogens with one attached hydrogen (secondary N) is 1. The first-order chi connectivity index (χ1) is 8.71. The Bertz CT molecular complexity index is 413. The van der Waals surface area contributed by atoms with E-state index in [1.54, 1.807) is 14.0 Å². The van der Waals surface area contributed by atoms with Gasteiger partial charge in [-0.05, 0) is 37.6 Å². The highest BCUT2D eigenvalue weighted by Gasteiger charge is 2.09. The summed E-state index contributed by atoms with van der Waals surface area (Å²) in [5.41, 5.74) is 3.97. The number of methoxy groups -OCH3 is 1. The Hall–Kier alpha value is -2.04. The van der Waals surface area contributed by atoms with Gasteiger partial charge in [-0.25, -0.2) is 4.79 Å². The number of carbonyl (C=O) groups is 1. The number of benzene rings is 1. The maximum atomic E-state index is 11.5. The van der Waals surface area contributed by atoms with Gasteiger partial charge in [0.15, 0.2) is 0 Å². The number of hydrogen-bond acceptors (Lipinski definition) is 5. The third-order valence-electron chi connectivity index (χ3n) is 2.26. The summed E-state index contributed by atoms with van der Waals surface area (Å²) < 4.78 is 9.94. The van der Waals surface area contributed by atoms with Crippen molar-refractivity contribution in [2.24, 2.45) is 5.10 Å². The number of nitrogens with zero attached hydrogens (tertiary/aromatic N) is 1. The lowest BCUT2D eigenvalue weighted by Crippen LogP contribution is -2.18. The zero-order valence-corrected chi connectivity index (χ0v) is 10.9. The first-order valence-corrected chi connectivity index (χ1v) is 5.85. The highest BCUT2D eigenvalue weighted by Crippen LogP contribution is 2.14. The predicted octanol–water partition coefficient (Wildman–Crippen LogP) is 2.44. The second-order valence-corrected chi connectivity index (χ2v) is 3.47. The highest BCUT2D eigenvalue weighted by molar-refractivity contribution is 6.36. The summed E-state index contributed by atoms with van der Waals surface area (Å²) in [5, 5.41) is 4.04. The van der Waals surface area contributed by atoms with E-state index in [0.29, 0.717) is 18.7 Å². The zero-order chi connectivity index (χ0) is 13.4. The average molecular weight is 250 g/mol. The van der Waals surface area contributed by atoms with Crippen LogP contribution in [-0.4, -0.2) is 25.4 Å². The highest BCUT2D eigenvalue weighted by atomic mass is 16.5. The van der Waals surface area contributed by atoms with Crippen LogP contribution in [0, 0.1) is 0 Å². The van der Waals surface area contributed by atoms with Crippen LogP contribution in [0.3, 0.4) is 0 Å². The van der Waals surface area contributed by atoms with Crippen LogP contribution in [0.2, 0.25) is 0 Å². The molecule has 18 heavy (non-hydrogen) atoms. The van der Waals surface area contributed by atoms with Gasteiger partial charge in [-0.15, -0.1) is 0 Å². The van der Waals surface area contributed by atoms with E-state index in [0.717, 1.165) is 11.4 Å². The molecular formula is C13H18N2O3. The van der Waals surface area contributed by atoms with Crippen LogP contribution in [0.25, 0.3) is 0 Å². The second kappa shape index (κ2) is 7.32. The van der Waals surface area contributed by atoms with E-state index < -0.39 is 0 Å². The topological polar surface area (TPSA) is 59.9 Å². The molecule has 0 spiro atoms. The molecule has 1 rings (SSSR count). The van der Waals surface area contributed by atoms with Gasteiger partial charge in [-0.3, -0.25) is 5.43 Å². The van der Waals surface area contributed by atoms with Gasteiger partial charge in [0.2, 0.25) is 0 Å². The largest absolute Gasteiger partial charge is 0.497 e. The van der Waals surface area contributed by atoms with Crippen molar-refractivity contribution in [2.45, 2.75) is 20.3 Å². The van der Waals surface area contributed by atoms with Gasteiger partial charge in [0, 0.05) is 0 Å². The molecule has 0 aliphatic carbocycles. The number of rotatable bonds is 6. The number of hydrogen-bond donors (Lipinski definition) is 1. The lowest BCUT2D eigenvalue weighted by molar-refractivity contribution is -0.135. The quantitative estimate of drug-likeness (QED) is 0.478. The van der Waals surface area contributed by atoms with Gasteiger partial charge in [0.05, 0.1) is 19.4 Å². The van der Waals surface area contributed by atoms with Gasteiger partial charge in [-0.1, -0.05) is 6.92 Å². The fourth-order valence-electron chi connectivity index (χ4n) is 1.28. The van der Waals surface area contributed by atoms with Crippen LogP contribution >= 0.6 is 0 Å². The molecule has 0 aliphatic heterocycles. The van der Waals surface area contributed by atoms with Crippen molar-refractivity contribution < 1.29 is 14.3 Å². The number of carbonyl (C=O) groups excluding carboxylic acids is 1. The van der Waals surface area contributed by atoms with Crippen molar-refractivity contribution in [1.29, 1.82) is 0 Å². The van der Waals surface area contributed by atoms with Crippen LogP contribution in [0.15, 0.2) is 29.4 Å². The van der Waals surface area contributed by atoms with Gasteiger partial charge in [0.1, 0.15) is 11.5 Å². The molecule has 0 amide bonds. The first kappa shape index (κ1) is 14.0. The fraction of sp³-hybridized carbons (Fsp3) is 0.385. The normalized spacial score (nSPS) is 10.9. The monoisotopic (exact) mass is 250 g/mol. The van der Waals surface area contributed by atoms with Crippen LogP contribution in [0.5, 0.6) is 5.75 Å². The molecule has 0 atom stereocenters. The fourth-order valence-corrected chi connectivity index (χ4v) is 1.28. The zero-order valence-electron chi connectivity index (χ0n) is 10.9. The molecule has 1 aromatic rings. The molecule has 1 N–H and O–H groups in total. The second-order valence-electron chi connectivity index (χ2n) is 3.47. The Labute approximate surface area is 107 Å². The minimum absolute atomic E-state index is 0.348. The molecule has 0 aromatic heterocycles. The molecule has 98 valence electrons. The van der Waals surface area contributed by atoms with E-state index in [9.17, 15) is 4.79 Å². The molecule has 0 bridgehead atoms. The average Bonchev–Trinajstić information content (AvgIpc) is 2.40. The molecule has 0 radical (unpaired) electrons. The summed E-state index contributed by atoms with van der Waals surface area (Å²) in [4.78, 5) is 11.5. The Morgan fingerprint density at radius 2 is 1.94 bits per heavy atom. The molecule has 0 heterocycles. The lowest BCUT2D eigenvalue weighted by atomic mass is 10.3. The summed E-state index contributed by atoms with van der Waals surface area (Å²) in [6, 6.07) is 7.27. The summed E-state index contributed by atoms with van der Waals surface area (Å²) in [6.07, 6.45) is 0.516. The smallest absolute Gasteiger partial charge is 0.354 e. The van der Waals surface area contributed by atoms with Gasteiger partial charge >= 0.3 is 5.97 Å². The van der Waals surface area contributed by atoms with Crippen molar-refractivity contribution in [3.8, 4) is 5.75 Å². The van der Waals surface area contributed by atoms with Crippen LogP contribution in [0.1, 0.15) is 20.3 Å². The van der Waals surface area contributed by atoms with E-state index in [4.69, 9.17) is 9.47 Å². The van der Waals surface area contributed by atoms with Crippen molar-refractivity contribution in [3.05, 3.63) is 24.3 Å². The summed E-state index contributed by atoms with van der Waals surface area (Å²) in [7, 11) is 1.61. The third-order valence-corrected chi connectivity index (χ3v) is 2.26. The number of esters is 1. The van der Waals surface area contributed by atoms with Crippen molar-refractivity contribution in [3.63, 3.8) is 0 Å². The van der Waals surface area contributed by atoms with Crippen molar-refractivity contribution >= 4 is 17.4 Å². The maximum absolute atomic E-state index is 11.5. The van der Waals surface area contributed by atoms with Crippen molar-refractivity contribution in [2.75, 3.05) is 19.1 Å². The van der Waals surface area contributed by atoms with E-state index >= 15 is 0 Å². The van der Waals surface area contributed by atoms with Gasteiger partial charge in [0.25, 0.3) is 0 Å². The molecule has 0 aliphatic rings. The Morgan fingerprint density at radius 3 is 2.44 bits per heavy atom. The Morgan fingerprint density at radius 1 is 1.28 bits per heavy atom. The summed E-state index contributed by atoms with van der Waals surface area (Å²) in [6.45, 7) is 3.97. The Balaban J connectivity index is 2.67. The molecule has 5 nitrogen and oxygen atoms in total. The molecule has 0 unspecified atom stereocenters. The Kier molecular flexibility index (Phi) is 5.70. The molecular weight excluding hydrogens is 232 g/mol. The summed E-state index contributed by atoms with van der Waals surface area (Å²) >= 11 is 0. The van der Waals surface area contributed by atoms with Crippen LogP contribution in [-0.2, 0) is 9.53 Å². The van der Waals surface area contributed by atoms with Crippen molar-refractivity contribution in [1.82, 2.24) is 0 Å². The lowest BCUT2D eigenvalue weighted by Gasteiger charge is -2.05. The number of ether oxygens (including phenoxy) is 2. The van der Waals surface area contributed by atoms with E-state index in [1.165, 1.54) is 0 Å². The SMILES string of the molecule is CCOC(=O)/C(CC)=N\Nc1ccc(OC)cc1. The molecule has 0 saturated heterocycles. The number of anilines is 1. The molecule has 5 heteroatoms. The standard InChI is InChI=1S/C13H18N2O3/c1-4-12(13(16)18-5-2)15-14-10-6-8-11(17-3)9-7-10/h6-9,14H,4-5H2,1-3H3/b15-12-. The predicted molar refractivity (Wildman–Crippen MR) is 71.0 cm³/mol. The van der Waals surface area contributed by atoms with E-state index in [-0.39, 0.29) is 5.97 Å². The first-order valence-electron chi connectivity index (χ1n) is 5.85. The number of hydrazone groups is 1. The van der Waals surface area contributed by atoms with E-state index in [1.807, 2.05) is 31.2 Å². The summed E-state index contributed by atoms with van der Waals surface area (Å²) in [5.74, 6) is 0.381. The van der Waals surface area contributed by atoms with Gasteiger partial charge in [-0.2, -0.15) is 5.10 Å². The minimum atomic E-state index is -0.388.